The van der Waals surface area contributed by atoms with Gasteiger partial charge in [-0.05, 0) is 31.5 Å². The first kappa shape index (κ1) is 20.2. The second-order valence-corrected chi connectivity index (χ2v) is 6.64. The summed E-state index contributed by atoms with van der Waals surface area (Å²) in [6.07, 6.45) is 0.427. The quantitative estimate of drug-likeness (QED) is 0.500. The van der Waals surface area contributed by atoms with Gasteiger partial charge in [0.15, 0.2) is 18.5 Å². The lowest BCUT2D eigenvalue weighted by molar-refractivity contribution is -0.141. The molecule has 2 aliphatic rings. The maximum atomic E-state index is 12.4. The first-order chi connectivity index (χ1) is 13.6. The molecule has 0 saturated carbocycles. The number of ether oxygens (including phenoxy) is 4. The van der Waals surface area contributed by atoms with Gasteiger partial charge in [0.05, 0.1) is 20.3 Å². The summed E-state index contributed by atoms with van der Waals surface area (Å²) in [5.74, 6) is -0.686. The Labute approximate surface area is 163 Å². The van der Waals surface area contributed by atoms with Gasteiger partial charge in [0.1, 0.15) is 17.1 Å². The van der Waals surface area contributed by atoms with E-state index in [1.165, 1.54) is 7.11 Å². The molecule has 1 aromatic carbocycles. The first-order valence-corrected chi connectivity index (χ1v) is 9.32. The normalized spacial score (nSPS) is 20.2. The highest BCUT2D eigenvalue weighted by molar-refractivity contribution is 6.19. The topological polar surface area (TPSA) is 94.5 Å². The highest BCUT2D eigenvalue weighted by Crippen LogP contribution is 2.26. The molecule has 0 aromatic heterocycles. The molecule has 1 saturated heterocycles. The summed E-state index contributed by atoms with van der Waals surface area (Å²) in [5.41, 5.74) is -0.320. The van der Waals surface area contributed by atoms with E-state index in [-0.39, 0.29) is 17.9 Å². The van der Waals surface area contributed by atoms with Gasteiger partial charge >= 0.3 is 5.97 Å². The van der Waals surface area contributed by atoms with Gasteiger partial charge in [-0.2, -0.15) is 0 Å². The Balaban J connectivity index is 1.52. The van der Waals surface area contributed by atoms with Crippen LogP contribution >= 0.6 is 0 Å². The lowest BCUT2D eigenvalue weighted by atomic mass is 10.1. The number of carbonyl (C=O) groups is 2. The number of Topliss-reactive ketones (excluding diaryl/α,β-unsaturated/α-hetero) is 1. The summed E-state index contributed by atoms with van der Waals surface area (Å²) in [5, 5.41) is 10.3. The summed E-state index contributed by atoms with van der Waals surface area (Å²) < 4.78 is 21.0. The number of carbonyl (C=O) groups excluding carboxylic acids is 2. The Hall–Kier alpha value is -2.58. The van der Waals surface area contributed by atoms with Crippen molar-refractivity contribution in [3.05, 3.63) is 35.6 Å². The minimum absolute atomic E-state index is 0.300. The van der Waals surface area contributed by atoms with Crippen LogP contribution in [0, 0.1) is 0 Å². The monoisotopic (exact) mass is 391 g/mol. The molecule has 0 aliphatic carbocycles. The number of hydrogen-bond acceptors (Lipinski definition) is 8. The SMILES string of the molecule is COc1cccc(OCC(=O)C2=C(O)C(CCCN3CCOCC3)OC2=O)c1. The predicted molar refractivity (Wildman–Crippen MR) is 99.5 cm³/mol. The molecule has 0 amide bonds. The van der Waals surface area contributed by atoms with Crippen LogP contribution in [0.1, 0.15) is 12.8 Å². The van der Waals surface area contributed by atoms with Gasteiger partial charge in [-0.15, -0.1) is 0 Å². The van der Waals surface area contributed by atoms with E-state index in [0.29, 0.717) is 17.9 Å². The average Bonchev–Trinajstić information content (AvgIpc) is 3.00. The third-order valence-electron chi connectivity index (χ3n) is 4.75. The smallest absolute Gasteiger partial charge is 0.346 e. The third-order valence-corrected chi connectivity index (χ3v) is 4.75. The van der Waals surface area contributed by atoms with Gasteiger partial charge in [-0.25, -0.2) is 4.79 Å². The van der Waals surface area contributed by atoms with Gasteiger partial charge in [0, 0.05) is 19.2 Å². The molecule has 0 bridgehead atoms. The highest BCUT2D eigenvalue weighted by atomic mass is 16.6. The number of nitrogens with zero attached hydrogens (tertiary/aromatic N) is 1. The molecule has 1 unspecified atom stereocenters. The molecule has 2 aliphatic heterocycles. The fraction of sp³-hybridized carbons (Fsp3) is 0.500. The van der Waals surface area contributed by atoms with Crippen LogP contribution in [0.15, 0.2) is 35.6 Å². The summed E-state index contributed by atoms with van der Waals surface area (Å²) in [7, 11) is 1.53. The molecule has 0 spiro atoms. The van der Waals surface area contributed by atoms with Crippen LogP contribution in [-0.4, -0.2) is 74.4 Å². The van der Waals surface area contributed by atoms with Crippen LogP contribution in [0.5, 0.6) is 11.5 Å². The number of methoxy groups -OCH3 is 1. The fourth-order valence-corrected chi connectivity index (χ4v) is 3.20. The number of esters is 1. The van der Waals surface area contributed by atoms with E-state index in [4.69, 9.17) is 18.9 Å². The number of ketones is 1. The molecule has 2 heterocycles. The van der Waals surface area contributed by atoms with E-state index >= 15 is 0 Å². The van der Waals surface area contributed by atoms with Gasteiger partial charge in [0.2, 0.25) is 5.78 Å². The van der Waals surface area contributed by atoms with Crippen LogP contribution < -0.4 is 9.47 Å². The zero-order valence-corrected chi connectivity index (χ0v) is 15.9. The Morgan fingerprint density at radius 2 is 2.04 bits per heavy atom. The molecule has 152 valence electrons. The number of morpholine rings is 1. The van der Waals surface area contributed by atoms with Crippen molar-refractivity contribution in [3.63, 3.8) is 0 Å². The molecule has 3 rings (SSSR count). The van der Waals surface area contributed by atoms with E-state index in [9.17, 15) is 14.7 Å². The molecule has 1 aromatic rings. The van der Waals surface area contributed by atoms with E-state index in [2.05, 4.69) is 4.90 Å². The number of rotatable bonds is 9. The Kier molecular flexibility index (Phi) is 6.89. The number of aliphatic hydroxyl groups excluding tert-OH is 1. The zero-order chi connectivity index (χ0) is 19.9. The van der Waals surface area contributed by atoms with E-state index < -0.39 is 17.9 Å². The van der Waals surface area contributed by atoms with Crippen molar-refractivity contribution in [3.8, 4) is 11.5 Å². The molecular weight excluding hydrogens is 366 g/mol. The van der Waals surface area contributed by atoms with Crippen LogP contribution in [0.4, 0.5) is 0 Å². The second kappa shape index (κ2) is 9.57. The van der Waals surface area contributed by atoms with E-state index in [1.54, 1.807) is 24.3 Å². The molecule has 28 heavy (non-hydrogen) atoms. The zero-order valence-electron chi connectivity index (χ0n) is 15.9. The standard InChI is InChI=1S/C20H25NO7/c1-25-14-4-2-5-15(12-14)27-13-16(22)18-19(23)17(28-20(18)24)6-3-7-21-8-10-26-11-9-21/h2,4-5,12,17,23H,3,6-11,13H2,1H3. The molecule has 8 nitrogen and oxygen atoms in total. The van der Waals surface area contributed by atoms with Crippen molar-refractivity contribution in [1.29, 1.82) is 0 Å². The summed E-state index contributed by atoms with van der Waals surface area (Å²) in [6.45, 7) is 3.63. The highest BCUT2D eigenvalue weighted by Gasteiger charge is 2.38. The second-order valence-electron chi connectivity index (χ2n) is 6.64. The van der Waals surface area contributed by atoms with Crippen LogP contribution in [0.25, 0.3) is 0 Å². The summed E-state index contributed by atoms with van der Waals surface area (Å²) in [6, 6.07) is 6.77. The van der Waals surface area contributed by atoms with Crippen LogP contribution in [0.2, 0.25) is 0 Å². The Morgan fingerprint density at radius 1 is 1.29 bits per heavy atom. The summed E-state index contributed by atoms with van der Waals surface area (Å²) >= 11 is 0. The van der Waals surface area contributed by atoms with Gasteiger partial charge in [-0.3, -0.25) is 9.69 Å². The number of hydrogen-bond donors (Lipinski definition) is 1. The average molecular weight is 391 g/mol. The molecular formula is C20H25NO7. The maximum absolute atomic E-state index is 12.4. The first-order valence-electron chi connectivity index (χ1n) is 9.32. The van der Waals surface area contributed by atoms with Crippen molar-refractivity contribution in [2.24, 2.45) is 0 Å². The summed E-state index contributed by atoms with van der Waals surface area (Å²) in [4.78, 5) is 26.7. The van der Waals surface area contributed by atoms with Crippen molar-refractivity contribution in [1.82, 2.24) is 4.90 Å². The minimum atomic E-state index is -0.798. The Bertz CT molecular complexity index is 740. The number of cyclic esters (lactones) is 1. The lowest BCUT2D eigenvalue weighted by Gasteiger charge is -2.26. The van der Waals surface area contributed by atoms with E-state index in [0.717, 1.165) is 39.3 Å². The van der Waals surface area contributed by atoms with Gasteiger partial charge in [-0.1, -0.05) is 6.07 Å². The van der Waals surface area contributed by atoms with Crippen molar-refractivity contribution in [2.45, 2.75) is 18.9 Å². The van der Waals surface area contributed by atoms with Gasteiger partial charge < -0.3 is 24.1 Å². The van der Waals surface area contributed by atoms with Crippen LogP contribution in [0.3, 0.4) is 0 Å². The molecule has 0 radical (unpaired) electrons. The van der Waals surface area contributed by atoms with Crippen molar-refractivity contribution >= 4 is 11.8 Å². The fourth-order valence-electron chi connectivity index (χ4n) is 3.20. The van der Waals surface area contributed by atoms with Crippen molar-refractivity contribution in [2.75, 3.05) is 46.6 Å². The van der Waals surface area contributed by atoms with Crippen molar-refractivity contribution < 1.29 is 33.6 Å². The maximum Gasteiger partial charge on any atom is 0.346 e. The van der Waals surface area contributed by atoms with E-state index in [1.807, 2.05) is 0 Å². The van der Waals surface area contributed by atoms with Gasteiger partial charge in [0.25, 0.3) is 0 Å². The number of aliphatic hydroxyl groups is 1. The van der Waals surface area contributed by atoms with Crippen LogP contribution in [-0.2, 0) is 19.1 Å². The molecule has 1 fully saturated rings. The lowest BCUT2D eigenvalue weighted by Crippen LogP contribution is -2.37. The molecule has 1 N–H and O–H groups in total. The molecule has 1 atom stereocenters. The predicted octanol–water partition coefficient (Wildman–Crippen LogP) is 1.49. The third kappa shape index (κ3) is 5.02. The Morgan fingerprint density at radius 3 is 2.79 bits per heavy atom. The molecule has 8 heteroatoms. The largest absolute Gasteiger partial charge is 0.507 e. The number of benzene rings is 1. The minimum Gasteiger partial charge on any atom is -0.507 e.